The van der Waals surface area contributed by atoms with Gasteiger partial charge in [-0.05, 0) is 51.2 Å². The third kappa shape index (κ3) is 2.24. The van der Waals surface area contributed by atoms with Crippen molar-refractivity contribution >= 4 is 23.1 Å². The highest BCUT2D eigenvalue weighted by Gasteiger charge is 2.29. The Balaban J connectivity index is 2.47. The molecule has 2 heterocycles. The molecule has 0 fully saturated rings. The molecule has 5 heteroatoms. The molecule has 2 rings (SSSR count). The fourth-order valence-corrected chi connectivity index (χ4v) is 2.43. The lowest BCUT2D eigenvalue weighted by Crippen LogP contribution is -2.53. The van der Waals surface area contributed by atoms with E-state index in [9.17, 15) is 5.11 Å². The van der Waals surface area contributed by atoms with Gasteiger partial charge in [0.1, 0.15) is 0 Å². The molecule has 0 aliphatic carbocycles. The second-order valence-electron chi connectivity index (χ2n) is 4.62. The van der Waals surface area contributed by atoms with Crippen LogP contribution in [-0.4, -0.2) is 20.7 Å². The van der Waals surface area contributed by atoms with Gasteiger partial charge in [-0.1, -0.05) is 0 Å². The van der Waals surface area contributed by atoms with Crippen molar-refractivity contribution < 1.29 is 5.11 Å². The Morgan fingerprint density at radius 3 is 2.76 bits per heavy atom. The Hall–Kier alpha value is -1.62. The lowest BCUT2D eigenvalue weighted by Gasteiger charge is -2.37. The summed E-state index contributed by atoms with van der Waals surface area (Å²) in [6.07, 6.45) is 3.68. The van der Waals surface area contributed by atoms with E-state index in [1.165, 1.54) is 0 Å². The van der Waals surface area contributed by atoms with E-state index in [2.05, 4.69) is 16.4 Å². The largest absolute Gasteiger partial charge is 0.504 e. The van der Waals surface area contributed by atoms with Crippen molar-refractivity contribution in [3.8, 4) is 5.75 Å². The summed E-state index contributed by atoms with van der Waals surface area (Å²) in [5.74, 6) is 0.568. The summed E-state index contributed by atoms with van der Waals surface area (Å²) in [6, 6.07) is 3.28. The van der Waals surface area contributed by atoms with Gasteiger partial charge in [0.2, 0.25) is 0 Å². The Bertz CT molecular complexity index is 496. The van der Waals surface area contributed by atoms with Gasteiger partial charge in [-0.25, -0.2) is 4.98 Å². The molecule has 4 nitrogen and oxygen atoms in total. The van der Waals surface area contributed by atoms with Crippen molar-refractivity contribution in [2.75, 3.05) is 4.90 Å². The number of allylic oxidation sites excluding steroid dienone is 1. The molecule has 0 spiro atoms. The molecule has 0 saturated heterocycles. The van der Waals surface area contributed by atoms with E-state index >= 15 is 0 Å². The first-order valence-corrected chi connectivity index (χ1v) is 5.77. The zero-order chi connectivity index (χ0) is 12.6. The van der Waals surface area contributed by atoms with E-state index in [0.717, 1.165) is 5.70 Å². The average molecular weight is 249 g/mol. The zero-order valence-electron chi connectivity index (χ0n) is 10.1. The topological polar surface area (TPSA) is 48.4 Å². The second-order valence-corrected chi connectivity index (χ2v) is 5.01. The van der Waals surface area contributed by atoms with Crippen LogP contribution in [0.4, 0.5) is 5.82 Å². The predicted molar refractivity (Wildman–Crippen MR) is 72.0 cm³/mol. The smallest absolute Gasteiger partial charge is 0.181 e. The van der Waals surface area contributed by atoms with E-state index in [1.807, 2.05) is 20.8 Å². The van der Waals surface area contributed by atoms with Crippen molar-refractivity contribution in [3.63, 3.8) is 0 Å². The van der Waals surface area contributed by atoms with Gasteiger partial charge in [-0.2, -0.15) is 0 Å². The molecule has 2 N–H and O–H groups in total. The molecule has 0 atom stereocenters. The lowest BCUT2D eigenvalue weighted by atomic mass is 10.0. The number of aromatic hydroxyl groups is 1. The third-order valence-corrected chi connectivity index (χ3v) is 2.82. The van der Waals surface area contributed by atoms with E-state index < -0.39 is 0 Å². The highest BCUT2D eigenvalue weighted by atomic mass is 32.1. The fourth-order valence-electron chi connectivity index (χ4n) is 1.94. The van der Waals surface area contributed by atoms with E-state index in [1.54, 1.807) is 23.2 Å². The number of nitrogens with one attached hydrogen (secondary N) is 1. The number of pyridine rings is 1. The molecule has 1 aliphatic heterocycles. The molecule has 1 aromatic rings. The van der Waals surface area contributed by atoms with E-state index in [0.29, 0.717) is 10.9 Å². The van der Waals surface area contributed by atoms with Crippen LogP contribution in [-0.2, 0) is 0 Å². The standard InChI is InChI=1S/C12H15N3OS/c1-8-7-12(2,3)14-11(17)15(8)10-9(16)5-4-6-13-10/h4-7,16H,1-3H3,(H,14,17). The quantitative estimate of drug-likeness (QED) is 0.747. The van der Waals surface area contributed by atoms with Crippen molar-refractivity contribution in [2.24, 2.45) is 0 Å². The maximum Gasteiger partial charge on any atom is 0.181 e. The third-order valence-electron chi connectivity index (χ3n) is 2.53. The molecule has 0 amide bonds. The SMILES string of the molecule is CC1=CC(C)(C)NC(=S)N1c1ncccc1O. The van der Waals surface area contributed by atoms with Gasteiger partial charge in [-0.15, -0.1) is 0 Å². The number of rotatable bonds is 1. The van der Waals surface area contributed by atoms with Gasteiger partial charge >= 0.3 is 0 Å². The summed E-state index contributed by atoms with van der Waals surface area (Å²) in [5, 5.41) is 13.5. The van der Waals surface area contributed by atoms with Gasteiger partial charge in [0, 0.05) is 11.9 Å². The Morgan fingerprint density at radius 2 is 2.18 bits per heavy atom. The molecule has 0 unspecified atom stereocenters. The normalized spacial score (nSPS) is 18.6. The number of anilines is 1. The first-order chi connectivity index (χ1) is 7.91. The molecule has 0 radical (unpaired) electrons. The maximum atomic E-state index is 9.81. The lowest BCUT2D eigenvalue weighted by molar-refractivity contribution is 0.472. The molecule has 1 aromatic heterocycles. The number of nitrogens with zero attached hydrogens (tertiary/aromatic N) is 2. The van der Waals surface area contributed by atoms with Crippen LogP contribution in [0.3, 0.4) is 0 Å². The van der Waals surface area contributed by atoms with Crippen molar-refractivity contribution in [1.82, 2.24) is 10.3 Å². The van der Waals surface area contributed by atoms with Crippen molar-refractivity contribution in [3.05, 3.63) is 30.1 Å². The first-order valence-electron chi connectivity index (χ1n) is 5.36. The highest BCUT2D eigenvalue weighted by Crippen LogP contribution is 2.30. The summed E-state index contributed by atoms with van der Waals surface area (Å²) in [7, 11) is 0. The van der Waals surface area contributed by atoms with Gasteiger partial charge in [-0.3, -0.25) is 4.90 Å². The molecule has 0 saturated carbocycles. The summed E-state index contributed by atoms with van der Waals surface area (Å²) < 4.78 is 0. The summed E-state index contributed by atoms with van der Waals surface area (Å²) >= 11 is 5.32. The van der Waals surface area contributed by atoms with Crippen LogP contribution in [0, 0.1) is 0 Å². The maximum absolute atomic E-state index is 9.81. The minimum atomic E-state index is -0.179. The Kier molecular flexibility index (Phi) is 2.79. The zero-order valence-corrected chi connectivity index (χ0v) is 10.9. The summed E-state index contributed by atoms with van der Waals surface area (Å²) in [6.45, 7) is 6.03. The molecule has 0 bridgehead atoms. The van der Waals surface area contributed by atoms with Crippen LogP contribution in [0.25, 0.3) is 0 Å². The van der Waals surface area contributed by atoms with E-state index in [4.69, 9.17) is 12.2 Å². The van der Waals surface area contributed by atoms with Gasteiger partial charge in [0.25, 0.3) is 0 Å². The fraction of sp³-hybridized carbons (Fsp3) is 0.333. The van der Waals surface area contributed by atoms with Gasteiger partial charge in [0.15, 0.2) is 16.7 Å². The van der Waals surface area contributed by atoms with Crippen LogP contribution in [0.5, 0.6) is 5.75 Å². The number of aromatic nitrogens is 1. The van der Waals surface area contributed by atoms with Crippen molar-refractivity contribution in [2.45, 2.75) is 26.3 Å². The van der Waals surface area contributed by atoms with E-state index in [-0.39, 0.29) is 11.3 Å². The molecular weight excluding hydrogens is 234 g/mol. The molecule has 90 valence electrons. The van der Waals surface area contributed by atoms with Crippen LogP contribution in [0.15, 0.2) is 30.1 Å². The van der Waals surface area contributed by atoms with Crippen LogP contribution < -0.4 is 10.2 Å². The molecule has 0 aromatic carbocycles. The molecule has 1 aliphatic rings. The minimum Gasteiger partial charge on any atom is -0.504 e. The number of hydrogen-bond donors (Lipinski definition) is 2. The average Bonchev–Trinajstić information content (AvgIpc) is 2.17. The Morgan fingerprint density at radius 1 is 1.47 bits per heavy atom. The minimum absolute atomic E-state index is 0.115. The molecular formula is C12H15N3OS. The van der Waals surface area contributed by atoms with Gasteiger partial charge in [0.05, 0.1) is 5.54 Å². The second kappa shape index (κ2) is 4.00. The Labute approximate surface area is 106 Å². The summed E-state index contributed by atoms with van der Waals surface area (Å²) in [4.78, 5) is 5.89. The van der Waals surface area contributed by atoms with Crippen molar-refractivity contribution in [1.29, 1.82) is 0 Å². The predicted octanol–water partition coefficient (Wildman–Crippen LogP) is 2.16. The highest BCUT2D eigenvalue weighted by molar-refractivity contribution is 7.80. The van der Waals surface area contributed by atoms with Gasteiger partial charge < -0.3 is 10.4 Å². The monoisotopic (exact) mass is 249 g/mol. The van der Waals surface area contributed by atoms with Crippen LogP contribution in [0.1, 0.15) is 20.8 Å². The number of hydrogen-bond acceptors (Lipinski definition) is 3. The van der Waals surface area contributed by atoms with Crippen LogP contribution >= 0.6 is 12.2 Å². The number of thiocarbonyl (C=S) groups is 1. The summed E-state index contributed by atoms with van der Waals surface area (Å²) in [5.41, 5.74) is 0.773. The van der Waals surface area contributed by atoms with Crippen LogP contribution in [0.2, 0.25) is 0 Å². The molecule has 17 heavy (non-hydrogen) atoms. The first kappa shape index (κ1) is 11.9.